The number of hydrogen-bond acceptors (Lipinski definition) is 4. The molecular formula is C11H13N3O2. The van der Waals surface area contributed by atoms with Gasteiger partial charge < -0.3 is 4.74 Å². The zero-order chi connectivity index (χ0) is 11.4. The van der Waals surface area contributed by atoms with Crippen molar-refractivity contribution in [3.63, 3.8) is 0 Å². The number of benzene rings is 1. The van der Waals surface area contributed by atoms with Gasteiger partial charge in [0.15, 0.2) is 0 Å². The van der Waals surface area contributed by atoms with Gasteiger partial charge in [-0.15, -0.1) is 0 Å². The monoisotopic (exact) mass is 219 g/mol. The van der Waals surface area contributed by atoms with Gasteiger partial charge in [0.1, 0.15) is 18.1 Å². The topological polar surface area (TPSA) is 62.7 Å². The van der Waals surface area contributed by atoms with Crippen molar-refractivity contribution in [2.75, 3.05) is 13.2 Å². The molecule has 16 heavy (non-hydrogen) atoms. The summed E-state index contributed by atoms with van der Waals surface area (Å²) in [5, 5.41) is 0. The van der Waals surface area contributed by atoms with Crippen LogP contribution in [0.4, 0.5) is 0 Å². The summed E-state index contributed by atoms with van der Waals surface area (Å²) in [7, 11) is 0. The molecule has 1 aromatic rings. The molecule has 0 atom stereocenters. The Balaban J connectivity index is 2.12. The fourth-order valence-electron chi connectivity index (χ4n) is 1.40. The van der Waals surface area contributed by atoms with Crippen LogP contribution in [0.25, 0.3) is 0 Å². The van der Waals surface area contributed by atoms with Gasteiger partial charge in [0.25, 0.3) is 5.91 Å². The minimum atomic E-state index is -0.130. The van der Waals surface area contributed by atoms with E-state index in [1.165, 1.54) is 0 Å². The van der Waals surface area contributed by atoms with Gasteiger partial charge in [-0.2, -0.15) is 0 Å². The van der Waals surface area contributed by atoms with E-state index in [-0.39, 0.29) is 12.5 Å². The second-order valence-electron chi connectivity index (χ2n) is 3.30. The van der Waals surface area contributed by atoms with Gasteiger partial charge in [-0.05, 0) is 31.2 Å². The quantitative estimate of drug-likeness (QED) is 0.776. The molecule has 2 N–H and O–H groups in total. The van der Waals surface area contributed by atoms with Crippen LogP contribution in [0.2, 0.25) is 0 Å². The Morgan fingerprint density at radius 1 is 1.31 bits per heavy atom. The highest BCUT2D eigenvalue weighted by atomic mass is 16.5. The Hall–Kier alpha value is -2.04. The molecule has 0 aromatic heterocycles. The van der Waals surface area contributed by atoms with Crippen LogP contribution >= 0.6 is 0 Å². The third kappa shape index (κ3) is 2.31. The Kier molecular flexibility index (Phi) is 3.05. The van der Waals surface area contributed by atoms with Crippen LogP contribution in [0.5, 0.6) is 5.75 Å². The van der Waals surface area contributed by atoms with Crippen molar-refractivity contribution in [3.8, 4) is 5.75 Å². The van der Waals surface area contributed by atoms with Crippen LogP contribution in [0.15, 0.2) is 29.3 Å². The van der Waals surface area contributed by atoms with E-state index in [2.05, 4.69) is 15.8 Å². The lowest BCUT2D eigenvalue weighted by Crippen LogP contribution is -2.47. The Morgan fingerprint density at radius 3 is 2.62 bits per heavy atom. The van der Waals surface area contributed by atoms with Crippen molar-refractivity contribution in [1.82, 2.24) is 10.9 Å². The van der Waals surface area contributed by atoms with E-state index in [1.807, 2.05) is 31.2 Å². The Labute approximate surface area is 93.5 Å². The van der Waals surface area contributed by atoms with Gasteiger partial charge in [-0.25, -0.2) is 0 Å². The fourth-order valence-corrected chi connectivity index (χ4v) is 1.40. The number of aliphatic imine (C=N–C) groups is 1. The summed E-state index contributed by atoms with van der Waals surface area (Å²) in [5.74, 6) is 1.36. The van der Waals surface area contributed by atoms with Crippen LogP contribution < -0.4 is 15.6 Å². The molecule has 0 saturated carbocycles. The molecule has 0 spiro atoms. The number of nitrogens with one attached hydrogen (secondary N) is 2. The molecule has 0 saturated heterocycles. The number of amides is 1. The lowest BCUT2D eigenvalue weighted by atomic mass is 10.2. The van der Waals surface area contributed by atoms with Crippen molar-refractivity contribution in [1.29, 1.82) is 0 Å². The average Bonchev–Trinajstić information content (AvgIpc) is 2.32. The first kappa shape index (κ1) is 10.5. The lowest BCUT2D eigenvalue weighted by molar-refractivity contribution is -0.120. The first-order chi connectivity index (χ1) is 7.79. The van der Waals surface area contributed by atoms with Crippen molar-refractivity contribution >= 4 is 11.7 Å². The molecule has 84 valence electrons. The number of hydrogen-bond donors (Lipinski definition) is 2. The second-order valence-corrected chi connectivity index (χ2v) is 3.30. The average molecular weight is 219 g/mol. The number of nitrogens with zero attached hydrogens (tertiary/aromatic N) is 1. The zero-order valence-electron chi connectivity index (χ0n) is 8.99. The summed E-state index contributed by atoms with van der Waals surface area (Å²) in [6.07, 6.45) is 0. The lowest BCUT2D eigenvalue weighted by Gasteiger charge is -2.15. The molecule has 1 aliphatic heterocycles. The predicted molar refractivity (Wildman–Crippen MR) is 60.3 cm³/mol. The summed E-state index contributed by atoms with van der Waals surface area (Å²) in [4.78, 5) is 15.0. The Morgan fingerprint density at radius 2 is 2.06 bits per heavy atom. The van der Waals surface area contributed by atoms with E-state index in [0.29, 0.717) is 12.4 Å². The normalized spacial score (nSPS) is 14.8. The minimum Gasteiger partial charge on any atom is -0.494 e. The van der Waals surface area contributed by atoms with Crippen LogP contribution in [-0.4, -0.2) is 24.9 Å². The smallest absolute Gasteiger partial charge is 0.260 e. The molecule has 0 unspecified atom stereocenters. The predicted octanol–water partition coefficient (Wildman–Crippen LogP) is 0.466. The van der Waals surface area contributed by atoms with Crippen molar-refractivity contribution < 1.29 is 9.53 Å². The Bertz CT molecular complexity index is 412. The zero-order valence-corrected chi connectivity index (χ0v) is 8.99. The maximum Gasteiger partial charge on any atom is 0.260 e. The molecule has 0 radical (unpaired) electrons. The van der Waals surface area contributed by atoms with Crippen LogP contribution in [0.3, 0.4) is 0 Å². The first-order valence-electron chi connectivity index (χ1n) is 5.12. The van der Waals surface area contributed by atoms with E-state index in [0.717, 1.165) is 11.3 Å². The maximum absolute atomic E-state index is 10.9. The van der Waals surface area contributed by atoms with Gasteiger partial charge in [0, 0.05) is 5.56 Å². The van der Waals surface area contributed by atoms with Gasteiger partial charge in [0.2, 0.25) is 0 Å². The standard InChI is InChI=1S/C11H13N3O2/c1-2-16-9-5-3-8(4-6-9)11-12-7-10(15)13-14-11/h3-6H,2,7H2,1H3,(H,12,14)(H,13,15). The molecule has 1 aromatic carbocycles. The summed E-state index contributed by atoms with van der Waals surface area (Å²) in [6.45, 7) is 2.75. The van der Waals surface area contributed by atoms with Crippen LogP contribution in [0.1, 0.15) is 12.5 Å². The maximum atomic E-state index is 10.9. The molecule has 5 heteroatoms. The number of rotatable bonds is 3. The first-order valence-corrected chi connectivity index (χ1v) is 5.12. The van der Waals surface area contributed by atoms with Gasteiger partial charge in [-0.3, -0.25) is 20.6 Å². The van der Waals surface area contributed by atoms with E-state index in [1.54, 1.807) is 0 Å². The van der Waals surface area contributed by atoms with E-state index < -0.39 is 0 Å². The number of ether oxygens (including phenoxy) is 1. The highest BCUT2D eigenvalue weighted by Gasteiger charge is 2.11. The summed E-state index contributed by atoms with van der Waals surface area (Å²) >= 11 is 0. The van der Waals surface area contributed by atoms with Crippen LogP contribution in [-0.2, 0) is 4.79 Å². The number of amidine groups is 1. The largest absolute Gasteiger partial charge is 0.494 e. The van der Waals surface area contributed by atoms with Crippen LogP contribution in [0, 0.1) is 0 Å². The van der Waals surface area contributed by atoms with E-state index in [9.17, 15) is 4.79 Å². The SMILES string of the molecule is CCOc1ccc(C2=NCC(=O)NN2)cc1. The highest BCUT2D eigenvalue weighted by Crippen LogP contribution is 2.12. The molecular weight excluding hydrogens is 206 g/mol. The summed E-state index contributed by atoms with van der Waals surface area (Å²) in [5.41, 5.74) is 6.19. The minimum absolute atomic E-state index is 0.130. The third-order valence-corrected chi connectivity index (χ3v) is 2.14. The fraction of sp³-hybridized carbons (Fsp3) is 0.273. The van der Waals surface area contributed by atoms with Gasteiger partial charge >= 0.3 is 0 Å². The number of carbonyl (C=O) groups is 1. The summed E-state index contributed by atoms with van der Waals surface area (Å²) in [6, 6.07) is 7.54. The van der Waals surface area contributed by atoms with E-state index >= 15 is 0 Å². The molecule has 0 aliphatic carbocycles. The summed E-state index contributed by atoms with van der Waals surface area (Å²) < 4.78 is 5.34. The van der Waals surface area contributed by atoms with Crippen molar-refractivity contribution in [2.45, 2.75) is 6.92 Å². The molecule has 5 nitrogen and oxygen atoms in total. The highest BCUT2D eigenvalue weighted by molar-refractivity contribution is 6.02. The van der Waals surface area contributed by atoms with Crippen molar-refractivity contribution in [3.05, 3.63) is 29.8 Å². The molecule has 0 fully saturated rings. The molecule has 1 amide bonds. The van der Waals surface area contributed by atoms with Gasteiger partial charge in [-0.1, -0.05) is 0 Å². The van der Waals surface area contributed by atoms with Gasteiger partial charge in [0.05, 0.1) is 6.61 Å². The van der Waals surface area contributed by atoms with Crippen molar-refractivity contribution in [2.24, 2.45) is 4.99 Å². The second kappa shape index (κ2) is 4.65. The molecule has 1 aliphatic rings. The molecule has 0 bridgehead atoms. The molecule has 1 heterocycles. The number of carbonyl (C=O) groups excluding carboxylic acids is 1. The van der Waals surface area contributed by atoms with E-state index in [4.69, 9.17) is 4.74 Å². The third-order valence-electron chi connectivity index (χ3n) is 2.14. The number of hydrazine groups is 1. The molecule has 2 rings (SSSR count).